The lowest BCUT2D eigenvalue weighted by atomic mass is 9.83. The molecule has 2 heterocycles. The average molecular weight is 1030 g/mol. The van der Waals surface area contributed by atoms with E-state index in [1.807, 2.05) is 77.8 Å². The van der Waals surface area contributed by atoms with Crippen LogP contribution in [-0.4, -0.2) is 78.9 Å². The van der Waals surface area contributed by atoms with Gasteiger partial charge in [0.1, 0.15) is 25.3 Å². The number of hydrogen-bond acceptors (Lipinski definition) is 9. The van der Waals surface area contributed by atoms with Crippen LogP contribution in [0.5, 0.6) is 5.75 Å². The molecule has 0 radical (unpaired) electrons. The van der Waals surface area contributed by atoms with Crippen LogP contribution in [0.3, 0.4) is 0 Å². The van der Waals surface area contributed by atoms with Gasteiger partial charge in [0.2, 0.25) is 11.8 Å². The Kier molecular flexibility index (Phi) is 20.8. The van der Waals surface area contributed by atoms with Crippen LogP contribution >= 0.6 is 0 Å². The van der Waals surface area contributed by atoms with Gasteiger partial charge in [-0.05, 0) is 125 Å². The summed E-state index contributed by atoms with van der Waals surface area (Å²) >= 11 is 0. The molecule has 0 unspecified atom stereocenters. The molecule has 14 nitrogen and oxygen atoms in total. The number of anilines is 2. The van der Waals surface area contributed by atoms with Gasteiger partial charge in [-0.15, -0.1) is 0 Å². The number of para-hydroxylation sites is 1. The Balaban J connectivity index is 0.000000246. The number of amides is 3. The molecule has 0 bridgehead atoms. The second-order valence-electron chi connectivity index (χ2n) is 22.6. The van der Waals surface area contributed by atoms with Gasteiger partial charge in [-0.25, -0.2) is 14.2 Å². The number of rotatable bonds is 20. The van der Waals surface area contributed by atoms with E-state index in [2.05, 4.69) is 74.2 Å². The van der Waals surface area contributed by atoms with E-state index in [0.29, 0.717) is 30.8 Å². The summed E-state index contributed by atoms with van der Waals surface area (Å²) in [6.07, 6.45) is 10.1. The van der Waals surface area contributed by atoms with Gasteiger partial charge in [-0.1, -0.05) is 120 Å². The number of nitrogens with zero attached hydrogens (tertiary/aromatic N) is 4. The molecule has 2 saturated carbocycles. The maximum Gasteiger partial charge on any atom is 0.413 e. The molecule has 7 rings (SSSR count). The lowest BCUT2D eigenvalue weighted by molar-refractivity contribution is -0.120. The van der Waals surface area contributed by atoms with Gasteiger partial charge >= 0.3 is 6.09 Å². The first-order valence-electron chi connectivity index (χ1n) is 26.6. The maximum atomic E-state index is 13.4. The Hall–Kier alpha value is -5.40. The van der Waals surface area contributed by atoms with Crippen molar-refractivity contribution in [3.63, 3.8) is 0 Å². The first kappa shape index (κ1) is 56.9. The molecule has 5 aromatic rings. The Morgan fingerprint density at radius 2 is 1.03 bits per heavy atom. The highest BCUT2D eigenvalue weighted by Gasteiger charge is 2.32. The van der Waals surface area contributed by atoms with Crippen molar-refractivity contribution in [3.8, 4) is 28.0 Å². The van der Waals surface area contributed by atoms with E-state index < -0.39 is 34.3 Å². The molecule has 16 heteroatoms. The minimum absolute atomic E-state index is 0.0652. The molecule has 2 aliphatic carbocycles. The van der Waals surface area contributed by atoms with Crippen molar-refractivity contribution in [1.82, 2.24) is 24.9 Å². The van der Waals surface area contributed by atoms with E-state index in [1.54, 1.807) is 24.3 Å². The maximum absolute atomic E-state index is 13.4. The summed E-state index contributed by atoms with van der Waals surface area (Å²) in [6, 6.07) is 25.8. The molecule has 396 valence electrons. The van der Waals surface area contributed by atoms with Crippen LogP contribution in [0.1, 0.15) is 87.0 Å². The van der Waals surface area contributed by atoms with Crippen LogP contribution in [-0.2, 0) is 32.5 Å². The predicted octanol–water partition coefficient (Wildman–Crippen LogP) is 12.5. The third-order valence-electron chi connectivity index (χ3n) is 14.2. The van der Waals surface area contributed by atoms with E-state index in [9.17, 15) is 14.4 Å². The summed E-state index contributed by atoms with van der Waals surface area (Å²) in [5, 5.41) is 18.3. The van der Waals surface area contributed by atoms with Crippen molar-refractivity contribution in [2.24, 2.45) is 17.6 Å². The van der Waals surface area contributed by atoms with E-state index in [4.69, 9.17) is 25.0 Å². The van der Waals surface area contributed by atoms with E-state index >= 15 is 0 Å². The quantitative estimate of drug-likeness (QED) is 0.0436. The third kappa shape index (κ3) is 17.3. The monoisotopic (exact) mass is 1030 g/mol. The summed E-state index contributed by atoms with van der Waals surface area (Å²) in [7, 11) is -2.23. The minimum Gasteiger partial charge on any atom is -0.410 e. The van der Waals surface area contributed by atoms with Crippen LogP contribution in [0, 0.1) is 39.5 Å². The molecule has 73 heavy (non-hydrogen) atoms. The molecule has 3 aromatic carbocycles. The number of aryl methyl sites for hydroxylation is 2. The van der Waals surface area contributed by atoms with Crippen LogP contribution < -0.4 is 26.4 Å². The highest BCUT2D eigenvalue weighted by Crippen LogP contribution is 2.32. The number of aromatic nitrogens is 4. The highest BCUT2D eigenvalue weighted by molar-refractivity contribution is 6.76. The van der Waals surface area contributed by atoms with Crippen LogP contribution in [0.2, 0.25) is 51.4 Å². The Bertz CT molecular complexity index is 2540. The summed E-state index contributed by atoms with van der Waals surface area (Å²) < 4.78 is 21.1. The smallest absolute Gasteiger partial charge is 0.410 e. The predicted molar refractivity (Wildman–Crippen MR) is 300 cm³/mol. The average Bonchev–Trinajstić information content (AvgIpc) is 3.81. The zero-order chi connectivity index (χ0) is 52.7. The largest absolute Gasteiger partial charge is 0.413 e. The Labute approximate surface area is 436 Å². The van der Waals surface area contributed by atoms with Crippen LogP contribution in [0.4, 0.5) is 16.2 Å². The number of nitrogens with one attached hydrogen (secondary N) is 3. The second-order valence-corrected chi connectivity index (χ2v) is 33.8. The second kappa shape index (κ2) is 26.7. The van der Waals surface area contributed by atoms with Gasteiger partial charge in [-0.3, -0.25) is 9.59 Å². The first-order valence-corrected chi connectivity index (χ1v) is 34.0. The number of nitrogens with two attached hydrogens (primary N) is 1. The number of carbonyl (C=O) groups is 3. The molecule has 2 aliphatic rings. The van der Waals surface area contributed by atoms with Crippen LogP contribution in [0.25, 0.3) is 22.3 Å². The molecular formula is C57H84N8O6Si2. The summed E-state index contributed by atoms with van der Waals surface area (Å²) in [4.78, 5) is 38.7. The summed E-state index contributed by atoms with van der Waals surface area (Å²) in [5.74, 6) is 0.489. The van der Waals surface area contributed by atoms with E-state index in [-0.39, 0.29) is 17.7 Å². The van der Waals surface area contributed by atoms with Crippen molar-refractivity contribution >= 4 is 45.4 Å². The Morgan fingerprint density at radius 1 is 0.603 bits per heavy atom. The molecule has 5 N–H and O–H groups in total. The van der Waals surface area contributed by atoms with E-state index in [1.165, 1.54) is 19.3 Å². The molecule has 2 aromatic heterocycles. The lowest BCUT2D eigenvalue weighted by Crippen LogP contribution is -2.49. The SMILES string of the molecule is Cc1nn(COCC[Si](C)(C)C)c(C)c1-c1ccc(NC(=O)[C@@H](N)C2CCCCC2)cc1.Cc1nn(COCC[Si](C)(C)C)c(C)c1-c1ccc(NC(=O)[C@@H](NC(=O)Oc2ccccc2)C2CCCCC2)cc1. The molecule has 0 saturated heterocycles. The normalized spacial score (nSPS) is 15.4. The Morgan fingerprint density at radius 3 is 1.47 bits per heavy atom. The van der Waals surface area contributed by atoms with Crippen molar-refractivity contribution in [2.45, 2.75) is 169 Å². The van der Waals surface area contributed by atoms with Crippen molar-refractivity contribution in [2.75, 3.05) is 23.8 Å². The van der Waals surface area contributed by atoms with Gasteiger partial charge in [0.15, 0.2) is 0 Å². The van der Waals surface area contributed by atoms with E-state index in [0.717, 1.165) is 121 Å². The fourth-order valence-electron chi connectivity index (χ4n) is 9.75. The molecular weight excluding hydrogens is 949 g/mol. The standard InChI is InChI=1S/C32H44N4O4Si.C25H40N4O2Si/c1-23-29(24(2)36(35-23)22-39-20-21-41(3,4)5)25-16-18-27(19-17-25)33-31(37)30(26-12-8-6-9-13-26)34-32(38)40-28-14-10-7-11-15-28;1-18-23(19(2)29(28-18)17-31-15-16-32(3,4)5)20-11-13-22(14-12-20)27-25(30)24(26)21-9-7-6-8-10-21/h7,10-11,14-19,26,30H,6,8-9,12-13,20-22H2,1-5H3,(H,33,37)(H,34,38);11-14,21,24H,6-10,15-17,26H2,1-5H3,(H,27,30)/t30-;24-/m00/s1. The van der Waals surface area contributed by atoms with Crippen molar-refractivity contribution in [3.05, 3.63) is 102 Å². The third-order valence-corrected chi connectivity index (χ3v) is 17.6. The first-order chi connectivity index (χ1) is 34.8. The lowest BCUT2D eigenvalue weighted by Gasteiger charge is -2.29. The zero-order valence-corrected chi connectivity index (χ0v) is 47.4. The van der Waals surface area contributed by atoms with Crippen molar-refractivity contribution in [1.29, 1.82) is 0 Å². The van der Waals surface area contributed by atoms with Crippen molar-refractivity contribution < 1.29 is 28.6 Å². The fraction of sp³-hybridized carbons (Fsp3) is 0.526. The summed E-state index contributed by atoms with van der Waals surface area (Å²) in [5.41, 5.74) is 16.1. The molecule has 0 aliphatic heterocycles. The molecule has 2 atom stereocenters. The molecule has 3 amide bonds. The number of benzene rings is 3. The number of ether oxygens (including phenoxy) is 3. The number of hydrogen-bond donors (Lipinski definition) is 4. The zero-order valence-electron chi connectivity index (χ0n) is 45.4. The van der Waals surface area contributed by atoms with Gasteiger partial charge in [0, 0.05) is 63.3 Å². The number of carbonyl (C=O) groups excluding carboxylic acids is 3. The highest BCUT2D eigenvalue weighted by atomic mass is 28.3. The fourth-order valence-corrected chi connectivity index (χ4v) is 11.3. The summed E-state index contributed by atoms with van der Waals surface area (Å²) in [6.45, 7) is 24.7. The van der Waals surface area contributed by atoms with Crippen LogP contribution in [0.15, 0.2) is 78.9 Å². The van der Waals surface area contributed by atoms with Gasteiger partial charge in [0.05, 0.1) is 17.4 Å². The minimum atomic E-state index is -1.14. The molecule has 2 fully saturated rings. The van der Waals surface area contributed by atoms with Gasteiger partial charge < -0.3 is 35.9 Å². The molecule has 0 spiro atoms. The van der Waals surface area contributed by atoms with Gasteiger partial charge in [-0.2, -0.15) is 10.2 Å². The van der Waals surface area contributed by atoms with Gasteiger partial charge in [0.25, 0.3) is 0 Å². The topological polar surface area (TPSA) is 177 Å².